The molecule has 3 aliphatic heterocycles. The van der Waals surface area contributed by atoms with E-state index in [9.17, 15) is 42.3 Å². The van der Waals surface area contributed by atoms with Crippen LogP contribution in [0.1, 0.15) is 71.3 Å². The number of allylic oxidation sites excluding steroid dienone is 1. The van der Waals surface area contributed by atoms with Crippen molar-refractivity contribution in [2.45, 2.75) is 108 Å². The Bertz CT molecular complexity index is 1550. The molecule has 3 fully saturated rings. The zero-order valence-corrected chi connectivity index (χ0v) is 30.0. The fourth-order valence-corrected chi connectivity index (χ4v) is 6.62. The summed E-state index contributed by atoms with van der Waals surface area (Å²) in [4.78, 5) is 98.3. The fourth-order valence-electron chi connectivity index (χ4n) is 6.62. The Hall–Kier alpha value is -4.89. The predicted octanol–water partition coefficient (Wildman–Crippen LogP) is 1.11. The standard InChI is InChI=1S/C36H48F2N6O8/c1-5-6-7-8-13-30(45)40-26(18-23-16-24(37)19-25(38)17-23)32(47)41-27-20-52-36(51)29-12-10-15-44(29)33(48)21(2)39-31(46)22(3)42(4)35(50)28-11-9-14-43(28)34(27)49/h8,13,16-17,19,21-22,26-29H,5-7,9-12,14-15,18,20H2,1-4H3,(H,39,46)(H,40,45)(H,41,47)/t21-,22-,26-,27-,28-,29-/m0/s1. The van der Waals surface area contributed by atoms with Crippen molar-refractivity contribution < 1.29 is 47.1 Å². The van der Waals surface area contributed by atoms with Crippen LogP contribution < -0.4 is 16.0 Å². The van der Waals surface area contributed by atoms with Gasteiger partial charge < -0.3 is 35.4 Å². The monoisotopic (exact) mass is 730 g/mol. The molecule has 3 heterocycles. The van der Waals surface area contributed by atoms with Crippen LogP contribution in [-0.4, -0.2) is 119 Å². The first-order valence-electron chi connectivity index (χ1n) is 17.8. The number of rotatable bonds is 9. The number of likely N-dealkylation sites (N-methyl/N-ethyl adjacent to an activating group) is 1. The van der Waals surface area contributed by atoms with Crippen molar-refractivity contribution in [1.82, 2.24) is 30.7 Å². The number of carbonyl (C=O) groups is 7. The maximum absolute atomic E-state index is 14.2. The van der Waals surface area contributed by atoms with E-state index in [1.807, 2.05) is 6.92 Å². The summed E-state index contributed by atoms with van der Waals surface area (Å²) in [6.45, 7) is 4.62. The number of ether oxygens (including phenoxy) is 1. The molecule has 6 atom stereocenters. The Morgan fingerprint density at radius 2 is 1.60 bits per heavy atom. The van der Waals surface area contributed by atoms with Crippen LogP contribution in [-0.2, 0) is 44.7 Å². The van der Waals surface area contributed by atoms with E-state index in [4.69, 9.17) is 4.74 Å². The van der Waals surface area contributed by atoms with Crippen LogP contribution in [0.5, 0.6) is 0 Å². The number of carbonyl (C=O) groups excluding carboxylic acids is 7. The minimum atomic E-state index is -1.56. The van der Waals surface area contributed by atoms with Crippen LogP contribution in [0.15, 0.2) is 30.4 Å². The van der Waals surface area contributed by atoms with Gasteiger partial charge in [-0.25, -0.2) is 13.6 Å². The van der Waals surface area contributed by atoms with Crippen molar-refractivity contribution >= 4 is 41.4 Å². The highest BCUT2D eigenvalue weighted by Gasteiger charge is 2.43. The van der Waals surface area contributed by atoms with Gasteiger partial charge in [0, 0.05) is 32.6 Å². The lowest BCUT2D eigenvalue weighted by atomic mass is 10.0. The third kappa shape index (κ3) is 9.91. The molecule has 0 spiro atoms. The molecule has 0 bridgehead atoms. The Morgan fingerprint density at radius 1 is 0.962 bits per heavy atom. The van der Waals surface area contributed by atoms with Crippen LogP contribution in [0.3, 0.4) is 0 Å². The van der Waals surface area contributed by atoms with E-state index in [1.165, 1.54) is 41.7 Å². The summed E-state index contributed by atoms with van der Waals surface area (Å²) in [6.07, 6.45) is 6.26. The van der Waals surface area contributed by atoms with Gasteiger partial charge in [-0.1, -0.05) is 25.8 Å². The van der Waals surface area contributed by atoms with Crippen LogP contribution in [0, 0.1) is 11.6 Å². The lowest BCUT2D eigenvalue weighted by Crippen LogP contribution is -2.60. The van der Waals surface area contributed by atoms with E-state index in [-0.39, 0.29) is 37.9 Å². The summed E-state index contributed by atoms with van der Waals surface area (Å²) < 4.78 is 33.8. The molecule has 3 N–H and O–H groups in total. The second-order valence-electron chi connectivity index (χ2n) is 13.5. The highest BCUT2D eigenvalue weighted by molar-refractivity contribution is 5.98. The summed E-state index contributed by atoms with van der Waals surface area (Å²) in [5.74, 6) is -6.63. The number of hydrogen-bond acceptors (Lipinski definition) is 8. The van der Waals surface area contributed by atoms with Gasteiger partial charge in [-0.3, -0.25) is 28.8 Å². The highest BCUT2D eigenvalue weighted by Crippen LogP contribution is 2.23. The van der Waals surface area contributed by atoms with Gasteiger partial charge in [-0.2, -0.15) is 0 Å². The first kappa shape index (κ1) is 39.9. The molecular formula is C36H48F2N6O8. The molecule has 0 aliphatic carbocycles. The third-order valence-electron chi connectivity index (χ3n) is 9.66. The molecule has 3 saturated heterocycles. The van der Waals surface area contributed by atoms with Crippen molar-refractivity contribution in [3.8, 4) is 0 Å². The van der Waals surface area contributed by atoms with Crippen LogP contribution in [0.2, 0.25) is 0 Å². The van der Waals surface area contributed by atoms with Gasteiger partial charge in [0.2, 0.25) is 35.4 Å². The number of unbranched alkanes of at least 4 members (excludes halogenated alkanes) is 2. The molecule has 0 aromatic heterocycles. The van der Waals surface area contributed by atoms with E-state index in [0.29, 0.717) is 25.3 Å². The molecule has 14 nitrogen and oxygen atoms in total. The first-order valence-corrected chi connectivity index (χ1v) is 17.8. The summed E-state index contributed by atoms with van der Waals surface area (Å²) in [5, 5.41) is 7.71. The maximum atomic E-state index is 14.2. The zero-order valence-electron chi connectivity index (χ0n) is 30.0. The SMILES string of the molecule is CCCCC=CC(=O)N[C@@H](Cc1cc(F)cc(F)c1)C(=O)N[C@H]1COC(=O)[C@@H]2CCCN2C(=O)[C@H](C)NC(=O)[C@H](C)N(C)C(=O)[C@@H]2CCCN2C1=O. The first-order chi connectivity index (χ1) is 24.7. The molecule has 1 aromatic rings. The maximum Gasteiger partial charge on any atom is 0.328 e. The van der Waals surface area contributed by atoms with E-state index in [2.05, 4.69) is 16.0 Å². The van der Waals surface area contributed by atoms with E-state index in [0.717, 1.165) is 25.0 Å². The second kappa shape index (κ2) is 18.0. The Morgan fingerprint density at radius 3 is 2.25 bits per heavy atom. The third-order valence-corrected chi connectivity index (χ3v) is 9.66. The zero-order chi connectivity index (χ0) is 38.1. The molecule has 6 amide bonds. The Labute approximate surface area is 301 Å². The lowest BCUT2D eigenvalue weighted by Gasteiger charge is -2.34. The summed E-state index contributed by atoms with van der Waals surface area (Å²) in [6, 6.07) is -4.36. The van der Waals surface area contributed by atoms with E-state index < -0.39 is 95.9 Å². The number of nitrogens with zero attached hydrogens (tertiary/aromatic N) is 3. The summed E-state index contributed by atoms with van der Waals surface area (Å²) >= 11 is 0. The second-order valence-corrected chi connectivity index (χ2v) is 13.5. The molecule has 3 aliphatic rings. The van der Waals surface area contributed by atoms with Gasteiger partial charge in [-0.15, -0.1) is 0 Å². The van der Waals surface area contributed by atoms with Crippen molar-refractivity contribution in [3.63, 3.8) is 0 Å². The number of halogens is 2. The number of benzene rings is 1. The lowest BCUT2D eigenvalue weighted by molar-refractivity contribution is -0.158. The number of hydrogen-bond donors (Lipinski definition) is 3. The van der Waals surface area contributed by atoms with Gasteiger partial charge in [-0.05, 0) is 69.7 Å². The largest absolute Gasteiger partial charge is 0.461 e. The minimum absolute atomic E-state index is 0.0512. The van der Waals surface area contributed by atoms with Crippen molar-refractivity contribution in [1.29, 1.82) is 0 Å². The highest BCUT2D eigenvalue weighted by atomic mass is 19.1. The Balaban J connectivity index is 1.66. The van der Waals surface area contributed by atoms with Gasteiger partial charge in [0.25, 0.3) is 0 Å². The smallest absolute Gasteiger partial charge is 0.328 e. The predicted molar refractivity (Wildman–Crippen MR) is 183 cm³/mol. The van der Waals surface area contributed by atoms with Gasteiger partial charge in [0.1, 0.15) is 54.5 Å². The van der Waals surface area contributed by atoms with E-state index >= 15 is 0 Å². The average molecular weight is 731 g/mol. The van der Waals surface area contributed by atoms with Crippen LogP contribution >= 0.6 is 0 Å². The van der Waals surface area contributed by atoms with Crippen LogP contribution in [0.4, 0.5) is 8.78 Å². The van der Waals surface area contributed by atoms with Crippen molar-refractivity contribution in [3.05, 3.63) is 47.5 Å². The number of cyclic esters (lactones) is 1. The Kier molecular flexibility index (Phi) is 13.8. The average Bonchev–Trinajstić information content (AvgIpc) is 3.80. The number of esters is 1. The number of fused-ring (bicyclic) bond motifs is 2. The number of amides is 6. The summed E-state index contributed by atoms with van der Waals surface area (Å²) in [5.41, 5.74) is 0.0512. The molecule has 1 aromatic carbocycles. The molecular weight excluding hydrogens is 682 g/mol. The topological polar surface area (TPSA) is 175 Å². The van der Waals surface area contributed by atoms with Crippen molar-refractivity contribution in [2.24, 2.45) is 0 Å². The molecule has 284 valence electrons. The number of nitrogens with one attached hydrogen (secondary N) is 3. The summed E-state index contributed by atoms with van der Waals surface area (Å²) in [7, 11) is 1.42. The van der Waals surface area contributed by atoms with Crippen molar-refractivity contribution in [2.75, 3.05) is 26.7 Å². The fraction of sp³-hybridized carbons (Fsp3) is 0.583. The molecule has 52 heavy (non-hydrogen) atoms. The van der Waals surface area contributed by atoms with Gasteiger partial charge in [0.05, 0.1) is 0 Å². The van der Waals surface area contributed by atoms with Gasteiger partial charge in [0.15, 0.2) is 0 Å². The molecule has 0 saturated carbocycles. The molecule has 4 rings (SSSR count). The minimum Gasteiger partial charge on any atom is -0.461 e. The quantitative estimate of drug-likeness (QED) is 0.193. The molecule has 16 heteroatoms. The van der Waals surface area contributed by atoms with E-state index in [1.54, 1.807) is 6.08 Å². The molecule has 0 radical (unpaired) electrons. The van der Waals surface area contributed by atoms with Gasteiger partial charge >= 0.3 is 5.97 Å². The van der Waals surface area contributed by atoms with Crippen LogP contribution in [0.25, 0.3) is 0 Å². The normalized spacial score (nSPS) is 25.5. The molecule has 0 unspecified atom stereocenters.